The minimum Gasteiger partial charge on any atom is -0.395 e. The first kappa shape index (κ1) is 17.4. The molecule has 132 valence electrons. The number of pyridine rings is 1. The molecular formula is C18H18N6O2. The van der Waals surface area contributed by atoms with Crippen LogP contribution in [0.1, 0.15) is 6.42 Å². The SMILES string of the molecule is N#CCCN(CCO)C(=O)Nc1ccc(-n2cnc3ccccc32)nc1. The zero-order valence-electron chi connectivity index (χ0n) is 14.0. The van der Waals surface area contributed by atoms with Crippen molar-refractivity contribution in [1.82, 2.24) is 19.4 Å². The maximum absolute atomic E-state index is 12.2. The van der Waals surface area contributed by atoms with Crippen LogP contribution >= 0.6 is 0 Å². The largest absolute Gasteiger partial charge is 0.395 e. The number of fused-ring (bicyclic) bond motifs is 1. The number of carbonyl (C=O) groups excluding carboxylic acids is 1. The average molecular weight is 350 g/mol. The number of urea groups is 1. The summed E-state index contributed by atoms with van der Waals surface area (Å²) in [6.45, 7) is 0.263. The van der Waals surface area contributed by atoms with Gasteiger partial charge in [-0.25, -0.2) is 14.8 Å². The number of nitrogens with one attached hydrogen (secondary N) is 1. The molecule has 0 aliphatic heterocycles. The quantitative estimate of drug-likeness (QED) is 0.708. The molecule has 0 aliphatic rings. The monoisotopic (exact) mass is 350 g/mol. The number of nitriles is 1. The van der Waals surface area contributed by atoms with Gasteiger partial charge < -0.3 is 15.3 Å². The summed E-state index contributed by atoms with van der Waals surface area (Å²) in [6.07, 6.45) is 3.47. The molecule has 2 N–H and O–H groups in total. The predicted octanol–water partition coefficient (Wildman–Crippen LogP) is 2.16. The van der Waals surface area contributed by atoms with Crippen LogP contribution in [0.2, 0.25) is 0 Å². The molecule has 0 fully saturated rings. The standard InChI is InChI=1S/C18H18N6O2/c19-8-3-9-23(10-11-25)18(26)22-14-6-7-17(20-12-14)24-13-21-15-4-1-2-5-16(15)24/h1-2,4-7,12-13,25H,3,9-11H2,(H,22,26). The molecule has 1 aromatic carbocycles. The van der Waals surface area contributed by atoms with Crippen molar-refractivity contribution in [2.75, 3.05) is 25.0 Å². The maximum atomic E-state index is 12.2. The Morgan fingerprint density at radius 3 is 2.81 bits per heavy atom. The number of imidazole rings is 1. The molecule has 0 bridgehead atoms. The first-order chi connectivity index (χ1) is 12.7. The Balaban J connectivity index is 1.73. The lowest BCUT2D eigenvalue weighted by Crippen LogP contribution is -2.37. The normalized spacial score (nSPS) is 10.5. The lowest BCUT2D eigenvalue weighted by molar-refractivity contribution is 0.190. The highest BCUT2D eigenvalue weighted by atomic mass is 16.3. The average Bonchev–Trinajstić information content (AvgIpc) is 3.10. The van der Waals surface area contributed by atoms with Crippen LogP contribution < -0.4 is 5.32 Å². The third kappa shape index (κ3) is 3.79. The molecule has 0 spiro atoms. The second-order valence-electron chi connectivity index (χ2n) is 5.56. The van der Waals surface area contributed by atoms with Gasteiger partial charge in [0, 0.05) is 13.1 Å². The first-order valence-electron chi connectivity index (χ1n) is 8.15. The summed E-state index contributed by atoms with van der Waals surface area (Å²) in [6, 6.07) is 12.9. The Morgan fingerprint density at radius 1 is 1.23 bits per heavy atom. The van der Waals surface area contributed by atoms with Crippen LogP contribution in [0.25, 0.3) is 16.9 Å². The van der Waals surface area contributed by atoms with Crippen LogP contribution in [-0.2, 0) is 0 Å². The highest BCUT2D eigenvalue weighted by molar-refractivity contribution is 5.89. The number of aromatic nitrogens is 3. The molecule has 0 saturated heterocycles. The van der Waals surface area contributed by atoms with Crippen molar-refractivity contribution < 1.29 is 9.90 Å². The molecule has 3 rings (SSSR count). The third-order valence-electron chi connectivity index (χ3n) is 3.85. The molecule has 8 nitrogen and oxygen atoms in total. The van der Waals surface area contributed by atoms with E-state index in [9.17, 15) is 4.79 Å². The van der Waals surface area contributed by atoms with E-state index in [4.69, 9.17) is 10.4 Å². The number of benzene rings is 1. The van der Waals surface area contributed by atoms with Crippen LogP contribution in [0.5, 0.6) is 0 Å². The number of hydrogen-bond acceptors (Lipinski definition) is 5. The third-order valence-corrected chi connectivity index (χ3v) is 3.85. The number of aliphatic hydroxyl groups excluding tert-OH is 1. The van der Waals surface area contributed by atoms with Crippen LogP contribution in [0.4, 0.5) is 10.5 Å². The minimum absolute atomic E-state index is 0.163. The number of rotatable bonds is 6. The first-order valence-corrected chi connectivity index (χ1v) is 8.15. The number of nitrogens with zero attached hydrogens (tertiary/aromatic N) is 5. The fourth-order valence-corrected chi connectivity index (χ4v) is 2.57. The van der Waals surface area contributed by atoms with Gasteiger partial charge in [-0.15, -0.1) is 0 Å². The molecule has 0 saturated carbocycles. The van der Waals surface area contributed by atoms with E-state index in [1.165, 1.54) is 4.90 Å². The topological polar surface area (TPSA) is 107 Å². The van der Waals surface area contributed by atoms with Gasteiger partial charge in [-0.3, -0.25) is 4.57 Å². The van der Waals surface area contributed by atoms with Gasteiger partial charge in [0.15, 0.2) is 0 Å². The fraction of sp³-hybridized carbons (Fsp3) is 0.222. The molecule has 0 unspecified atom stereocenters. The van der Waals surface area contributed by atoms with Gasteiger partial charge in [-0.05, 0) is 24.3 Å². The van der Waals surface area contributed by atoms with E-state index in [2.05, 4.69) is 15.3 Å². The smallest absolute Gasteiger partial charge is 0.321 e. The van der Waals surface area contributed by atoms with Gasteiger partial charge in [0.25, 0.3) is 0 Å². The van der Waals surface area contributed by atoms with E-state index >= 15 is 0 Å². The van der Waals surface area contributed by atoms with Gasteiger partial charge >= 0.3 is 6.03 Å². The highest BCUT2D eigenvalue weighted by Gasteiger charge is 2.13. The van der Waals surface area contributed by atoms with Crippen LogP contribution in [-0.4, -0.2) is 50.3 Å². The molecule has 2 heterocycles. The molecule has 3 aromatic rings. The van der Waals surface area contributed by atoms with E-state index in [1.807, 2.05) is 34.9 Å². The summed E-state index contributed by atoms with van der Waals surface area (Å²) >= 11 is 0. The zero-order valence-corrected chi connectivity index (χ0v) is 14.0. The van der Waals surface area contributed by atoms with Crippen molar-refractivity contribution in [3.8, 4) is 11.9 Å². The molecule has 0 aliphatic carbocycles. The Kier molecular flexibility index (Phi) is 5.41. The van der Waals surface area contributed by atoms with Crippen LogP contribution in [0.15, 0.2) is 48.9 Å². The second-order valence-corrected chi connectivity index (χ2v) is 5.56. The number of para-hydroxylation sites is 2. The van der Waals surface area contributed by atoms with E-state index in [1.54, 1.807) is 24.7 Å². The molecule has 26 heavy (non-hydrogen) atoms. The van der Waals surface area contributed by atoms with E-state index in [-0.39, 0.29) is 32.1 Å². The van der Waals surface area contributed by atoms with Crippen molar-refractivity contribution in [1.29, 1.82) is 5.26 Å². The van der Waals surface area contributed by atoms with Crippen molar-refractivity contribution in [3.63, 3.8) is 0 Å². The lowest BCUT2D eigenvalue weighted by Gasteiger charge is -2.20. The van der Waals surface area contributed by atoms with E-state index < -0.39 is 0 Å². The Morgan fingerprint density at radius 2 is 2.08 bits per heavy atom. The molecule has 0 radical (unpaired) electrons. The van der Waals surface area contributed by atoms with Gasteiger partial charge in [-0.2, -0.15) is 5.26 Å². The number of aliphatic hydroxyl groups is 1. The van der Waals surface area contributed by atoms with Gasteiger partial charge in [0.1, 0.15) is 12.1 Å². The highest BCUT2D eigenvalue weighted by Crippen LogP contribution is 2.17. The summed E-state index contributed by atoms with van der Waals surface area (Å²) < 4.78 is 1.87. The molecule has 2 amide bonds. The minimum atomic E-state index is -0.378. The Labute approximate surface area is 150 Å². The summed E-state index contributed by atoms with van der Waals surface area (Å²) in [5, 5.41) is 20.4. The maximum Gasteiger partial charge on any atom is 0.321 e. The summed E-state index contributed by atoms with van der Waals surface area (Å²) in [5.74, 6) is 0.688. The number of anilines is 1. The van der Waals surface area contributed by atoms with Gasteiger partial charge in [0.2, 0.25) is 0 Å². The van der Waals surface area contributed by atoms with Gasteiger partial charge in [-0.1, -0.05) is 12.1 Å². The summed E-state index contributed by atoms with van der Waals surface area (Å²) in [4.78, 5) is 22.4. The molecule has 0 atom stereocenters. The van der Waals surface area contributed by atoms with Crippen LogP contribution in [0.3, 0.4) is 0 Å². The predicted molar refractivity (Wildman–Crippen MR) is 96.8 cm³/mol. The summed E-state index contributed by atoms with van der Waals surface area (Å²) in [7, 11) is 0. The van der Waals surface area contributed by atoms with Crippen LogP contribution in [0, 0.1) is 11.3 Å². The number of hydrogen-bond donors (Lipinski definition) is 2. The molecule has 2 aromatic heterocycles. The Hall–Kier alpha value is -3.44. The molecule has 8 heteroatoms. The number of amides is 2. The molecular weight excluding hydrogens is 332 g/mol. The lowest BCUT2D eigenvalue weighted by atomic mass is 10.3. The number of carbonyl (C=O) groups is 1. The van der Waals surface area contributed by atoms with Crippen molar-refractivity contribution in [3.05, 3.63) is 48.9 Å². The second kappa shape index (κ2) is 8.09. The van der Waals surface area contributed by atoms with Crippen molar-refractivity contribution in [2.24, 2.45) is 0 Å². The Bertz CT molecular complexity index is 929. The zero-order chi connectivity index (χ0) is 18.4. The van der Waals surface area contributed by atoms with Gasteiger partial charge in [0.05, 0.1) is 42.0 Å². The van der Waals surface area contributed by atoms with E-state index in [0.29, 0.717) is 11.5 Å². The van der Waals surface area contributed by atoms with Crippen molar-refractivity contribution >= 4 is 22.8 Å². The summed E-state index contributed by atoms with van der Waals surface area (Å²) in [5.41, 5.74) is 2.36. The van der Waals surface area contributed by atoms with E-state index in [0.717, 1.165) is 11.0 Å². The van der Waals surface area contributed by atoms with Crippen molar-refractivity contribution in [2.45, 2.75) is 6.42 Å². The fourth-order valence-electron chi connectivity index (χ4n) is 2.57.